The van der Waals surface area contributed by atoms with E-state index in [2.05, 4.69) is 12.2 Å². The summed E-state index contributed by atoms with van der Waals surface area (Å²) < 4.78 is 0. The first-order valence-electron chi connectivity index (χ1n) is 5.04. The summed E-state index contributed by atoms with van der Waals surface area (Å²) in [5.74, 6) is 0. The molecule has 1 saturated heterocycles. The average Bonchev–Trinajstić information content (AvgIpc) is 2.47. The largest absolute Gasteiger partial charge is 0.388 e. The summed E-state index contributed by atoms with van der Waals surface area (Å²) in [5, 5.41) is 21.2. The van der Waals surface area contributed by atoms with Gasteiger partial charge < -0.3 is 20.4 Å². The number of rotatable bonds is 3. The van der Waals surface area contributed by atoms with Crippen LogP contribution in [0.4, 0.5) is 4.79 Å². The normalized spacial score (nSPS) is 26.6. The average molecular weight is 202 g/mol. The molecule has 1 fully saturated rings. The molecule has 0 aromatic heterocycles. The van der Waals surface area contributed by atoms with Crippen molar-refractivity contribution in [1.29, 1.82) is 0 Å². The van der Waals surface area contributed by atoms with Crippen molar-refractivity contribution in [2.45, 2.75) is 32.0 Å². The highest BCUT2D eigenvalue weighted by Crippen LogP contribution is 2.09. The summed E-state index contributed by atoms with van der Waals surface area (Å²) in [4.78, 5) is 12.8. The Morgan fingerprint density at radius 2 is 2.00 bits per heavy atom. The molecule has 14 heavy (non-hydrogen) atoms. The van der Waals surface area contributed by atoms with Crippen molar-refractivity contribution in [3.63, 3.8) is 0 Å². The third-order valence-electron chi connectivity index (χ3n) is 2.35. The lowest BCUT2D eigenvalue weighted by molar-refractivity contribution is 0.0572. The fraction of sp³-hybridized carbons (Fsp3) is 0.889. The topological polar surface area (TPSA) is 72.8 Å². The highest BCUT2D eigenvalue weighted by Gasteiger charge is 2.32. The van der Waals surface area contributed by atoms with Gasteiger partial charge in [0.1, 0.15) is 0 Å². The van der Waals surface area contributed by atoms with Crippen molar-refractivity contribution in [2.24, 2.45) is 0 Å². The maximum atomic E-state index is 11.4. The number of likely N-dealkylation sites (tertiary alicyclic amines) is 1. The summed E-state index contributed by atoms with van der Waals surface area (Å²) in [5.41, 5.74) is 0. The van der Waals surface area contributed by atoms with Crippen LogP contribution in [0, 0.1) is 0 Å². The van der Waals surface area contributed by atoms with E-state index >= 15 is 0 Å². The van der Waals surface area contributed by atoms with Gasteiger partial charge in [-0.1, -0.05) is 13.3 Å². The summed E-state index contributed by atoms with van der Waals surface area (Å²) in [7, 11) is 0. The summed E-state index contributed by atoms with van der Waals surface area (Å²) in [6, 6.07) is -0.200. The number of aliphatic hydroxyl groups excluding tert-OH is 2. The van der Waals surface area contributed by atoms with Crippen LogP contribution in [0.1, 0.15) is 19.8 Å². The first kappa shape index (κ1) is 11.3. The van der Waals surface area contributed by atoms with E-state index in [0.29, 0.717) is 6.54 Å². The van der Waals surface area contributed by atoms with Crippen molar-refractivity contribution in [3.8, 4) is 0 Å². The van der Waals surface area contributed by atoms with E-state index in [1.807, 2.05) is 0 Å². The van der Waals surface area contributed by atoms with Gasteiger partial charge in [0.2, 0.25) is 0 Å². The van der Waals surface area contributed by atoms with E-state index in [1.165, 1.54) is 4.90 Å². The Morgan fingerprint density at radius 3 is 2.50 bits per heavy atom. The first-order valence-corrected chi connectivity index (χ1v) is 5.04. The number of amides is 2. The number of unbranched alkanes of at least 4 members (excludes halogenated alkanes) is 1. The Hall–Kier alpha value is -0.810. The molecule has 0 unspecified atom stereocenters. The van der Waals surface area contributed by atoms with Gasteiger partial charge in [-0.05, 0) is 6.42 Å². The van der Waals surface area contributed by atoms with Crippen molar-refractivity contribution < 1.29 is 15.0 Å². The third-order valence-corrected chi connectivity index (χ3v) is 2.35. The monoisotopic (exact) mass is 202 g/mol. The predicted molar refractivity (Wildman–Crippen MR) is 51.9 cm³/mol. The number of nitrogens with zero attached hydrogens (tertiary/aromatic N) is 1. The zero-order valence-corrected chi connectivity index (χ0v) is 8.44. The molecule has 0 aromatic rings. The minimum absolute atomic E-state index is 0.200. The van der Waals surface area contributed by atoms with Crippen molar-refractivity contribution in [2.75, 3.05) is 19.6 Å². The van der Waals surface area contributed by atoms with E-state index in [9.17, 15) is 15.0 Å². The zero-order valence-electron chi connectivity index (χ0n) is 8.44. The van der Waals surface area contributed by atoms with Crippen LogP contribution in [0.15, 0.2) is 0 Å². The number of hydrogen-bond acceptors (Lipinski definition) is 3. The molecule has 1 aliphatic rings. The van der Waals surface area contributed by atoms with Gasteiger partial charge in [-0.25, -0.2) is 4.79 Å². The number of carbonyl (C=O) groups excluding carboxylic acids is 1. The van der Waals surface area contributed by atoms with Gasteiger partial charge in [0.25, 0.3) is 0 Å². The molecular weight excluding hydrogens is 184 g/mol. The van der Waals surface area contributed by atoms with Crippen molar-refractivity contribution in [1.82, 2.24) is 10.2 Å². The van der Waals surface area contributed by atoms with Crippen LogP contribution in [0.5, 0.6) is 0 Å². The van der Waals surface area contributed by atoms with Crippen LogP contribution in [0.2, 0.25) is 0 Å². The zero-order chi connectivity index (χ0) is 10.6. The lowest BCUT2D eigenvalue weighted by Crippen LogP contribution is -2.39. The van der Waals surface area contributed by atoms with E-state index in [1.54, 1.807) is 0 Å². The predicted octanol–water partition coefficient (Wildman–Crippen LogP) is -0.467. The molecule has 0 spiro atoms. The Kier molecular flexibility index (Phi) is 4.16. The van der Waals surface area contributed by atoms with Gasteiger partial charge >= 0.3 is 6.03 Å². The van der Waals surface area contributed by atoms with Gasteiger partial charge in [0.15, 0.2) is 0 Å². The Bertz CT molecular complexity index is 188. The molecule has 0 aliphatic carbocycles. The Balaban J connectivity index is 2.25. The fourth-order valence-corrected chi connectivity index (χ4v) is 1.42. The van der Waals surface area contributed by atoms with Gasteiger partial charge in [0.05, 0.1) is 25.3 Å². The minimum Gasteiger partial charge on any atom is -0.388 e. The maximum Gasteiger partial charge on any atom is 0.317 e. The Morgan fingerprint density at radius 1 is 1.43 bits per heavy atom. The highest BCUT2D eigenvalue weighted by molar-refractivity contribution is 5.74. The van der Waals surface area contributed by atoms with Crippen LogP contribution in [0.25, 0.3) is 0 Å². The molecule has 1 aliphatic heterocycles. The molecule has 2 atom stereocenters. The first-order chi connectivity index (χ1) is 6.65. The lowest BCUT2D eigenvalue weighted by atomic mass is 10.3. The van der Waals surface area contributed by atoms with Crippen LogP contribution >= 0.6 is 0 Å². The second-order valence-corrected chi connectivity index (χ2v) is 3.63. The molecule has 0 saturated carbocycles. The van der Waals surface area contributed by atoms with Crippen molar-refractivity contribution in [3.05, 3.63) is 0 Å². The third kappa shape index (κ3) is 2.85. The van der Waals surface area contributed by atoms with Gasteiger partial charge in [-0.3, -0.25) is 0 Å². The SMILES string of the molecule is CCCCNC(=O)N1C[C@@H](O)[C@@H](O)C1. The van der Waals surface area contributed by atoms with Gasteiger partial charge in [0, 0.05) is 6.54 Å². The number of nitrogens with one attached hydrogen (secondary N) is 1. The molecule has 82 valence electrons. The van der Waals surface area contributed by atoms with Crippen molar-refractivity contribution >= 4 is 6.03 Å². The molecule has 1 heterocycles. The second kappa shape index (κ2) is 5.17. The molecule has 5 nitrogen and oxygen atoms in total. The fourth-order valence-electron chi connectivity index (χ4n) is 1.42. The molecule has 0 bridgehead atoms. The number of aliphatic hydroxyl groups is 2. The summed E-state index contributed by atoms with van der Waals surface area (Å²) in [6.07, 6.45) is 0.384. The van der Waals surface area contributed by atoms with Gasteiger partial charge in [-0.15, -0.1) is 0 Å². The van der Waals surface area contributed by atoms with Crippen LogP contribution in [0.3, 0.4) is 0 Å². The molecule has 3 N–H and O–H groups in total. The quantitative estimate of drug-likeness (QED) is 0.542. The minimum atomic E-state index is -0.799. The number of hydrogen-bond donors (Lipinski definition) is 3. The maximum absolute atomic E-state index is 11.4. The van der Waals surface area contributed by atoms with E-state index in [0.717, 1.165) is 12.8 Å². The van der Waals surface area contributed by atoms with E-state index in [-0.39, 0.29) is 19.1 Å². The van der Waals surface area contributed by atoms with Gasteiger partial charge in [-0.2, -0.15) is 0 Å². The molecule has 1 rings (SSSR count). The molecule has 0 aromatic carbocycles. The van der Waals surface area contributed by atoms with Crippen LogP contribution in [-0.2, 0) is 0 Å². The molecule has 5 heteroatoms. The lowest BCUT2D eigenvalue weighted by Gasteiger charge is -2.15. The molecule has 0 radical (unpaired) electrons. The van der Waals surface area contributed by atoms with E-state index in [4.69, 9.17) is 0 Å². The molecular formula is C9H18N2O3. The Labute approximate surface area is 83.7 Å². The van der Waals surface area contributed by atoms with E-state index < -0.39 is 12.2 Å². The summed E-state index contributed by atoms with van der Waals surface area (Å²) in [6.45, 7) is 3.14. The van der Waals surface area contributed by atoms with Crippen LogP contribution < -0.4 is 5.32 Å². The van der Waals surface area contributed by atoms with Crippen LogP contribution in [-0.4, -0.2) is 53.0 Å². The smallest absolute Gasteiger partial charge is 0.317 e. The summed E-state index contributed by atoms with van der Waals surface area (Å²) >= 11 is 0. The number of urea groups is 1. The second-order valence-electron chi connectivity index (χ2n) is 3.63. The molecule has 2 amide bonds. The number of carbonyl (C=O) groups is 1. The standard InChI is InChI=1S/C9H18N2O3/c1-2-3-4-10-9(14)11-5-7(12)8(13)6-11/h7-8,12-13H,2-6H2,1H3,(H,10,14)/t7-,8+. The number of β-amino-alcohol motifs (C(OH)–C–C–N with tert-alkyl or cyclic N) is 2. The highest BCUT2D eigenvalue weighted by atomic mass is 16.3.